The highest BCUT2D eigenvalue weighted by atomic mass is 16.5. The van der Waals surface area contributed by atoms with Crippen molar-refractivity contribution in [2.24, 2.45) is 16.3 Å². The molecule has 0 saturated heterocycles. The largest absolute Gasteiger partial charge is 0.409 e. The summed E-state index contributed by atoms with van der Waals surface area (Å²) in [6.45, 7) is 7.66. The second-order valence-corrected chi connectivity index (χ2v) is 4.44. The van der Waals surface area contributed by atoms with Gasteiger partial charge in [-0.15, -0.1) is 0 Å². The maximum Gasteiger partial charge on any atom is 0.144 e. The third kappa shape index (κ3) is 6.33. The van der Waals surface area contributed by atoms with Gasteiger partial charge in [-0.1, -0.05) is 32.3 Å². The Morgan fingerprint density at radius 3 is 2.47 bits per heavy atom. The normalized spacial score (nSPS) is 13.1. The molecule has 0 rings (SSSR count). The van der Waals surface area contributed by atoms with Crippen LogP contribution in [0.3, 0.4) is 0 Å². The molecule has 0 spiro atoms. The van der Waals surface area contributed by atoms with Crippen LogP contribution in [0.15, 0.2) is 5.16 Å². The molecule has 0 aliphatic heterocycles. The predicted molar refractivity (Wildman–Crippen MR) is 62.2 cm³/mol. The molecular formula is C11H24N2O2. The first-order valence-corrected chi connectivity index (χ1v) is 5.60. The molecule has 0 radical (unpaired) electrons. The van der Waals surface area contributed by atoms with E-state index in [9.17, 15) is 0 Å². The highest BCUT2D eigenvalue weighted by molar-refractivity contribution is 5.85. The first-order valence-electron chi connectivity index (χ1n) is 5.60. The van der Waals surface area contributed by atoms with Crippen LogP contribution >= 0.6 is 0 Å². The van der Waals surface area contributed by atoms with E-state index in [-0.39, 0.29) is 11.3 Å². The van der Waals surface area contributed by atoms with Gasteiger partial charge in [0, 0.05) is 18.6 Å². The second kappa shape index (κ2) is 7.51. The SMILES string of the molecule is CCCCOCCCC(C)(C)C(N)=NO. The Balaban J connectivity index is 3.58. The van der Waals surface area contributed by atoms with Crippen LogP contribution in [0, 0.1) is 5.41 Å². The topological polar surface area (TPSA) is 67.8 Å². The second-order valence-electron chi connectivity index (χ2n) is 4.44. The van der Waals surface area contributed by atoms with Crippen molar-refractivity contribution in [2.75, 3.05) is 13.2 Å². The van der Waals surface area contributed by atoms with Crippen molar-refractivity contribution in [1.29, 1.82) is 0 Å². The number of hydrogen-bond acceptors (Lipinski definition) is 3. The molecule has 0 aromatic heterocycles. The van der Waals surface area contributed by atoms with Crippen molar-refractivity contribution in [3.8, 4) is 0 Å². The van der Waals surface area contributed by atoms with Crippen LogP contribution in [0.2, 0.25) is 0 Å². The molecule has 4 heteroatoms. The molecule has 4 nitrogen and oxygen atoms in total. The van der Waals surface area contributed by atoms with E-state index in [1.54, 1.807) is 0 Å². The smallest absolute Gasteiger partial charge is 0.144 e. The van der Waals surface area contributed by atoms with Crippen molar-refractivity contribution in [3.63, 3.8) is 0 Å². The molecule has 0 aromatic rings. The van der Waals surface area contributed by atoms with Gasteiger partial charge in [-0.2, -0.15) is 0 Å². The zero-order chi connectivity index (χ0) is 11.7. The Morgan fingerprint density at radius 1 is 1.33 bits per heavy atom. The molecule has 0 aliphatic carbocycles. The van der Waals surface area contributed by atoms with Gasteiger partial charge in [-0.05, 0) is 19.3 Å². The van der Waals surface area contributed by atoms with E-state index in [1.165, 1.54) is 0 Å². The molecule has 3 N–H and O–H groups in total. The van der Waals surface area contributed by atoms with E-state index in [4.69, 9.17) is 15.7 Å². The molecule has 90 valence electrons. The van der Waals surface area contributed by atoms with Gasteiger partial charge in [0.2, 0.25) is 0 Å². The standard InChI is InChI=1S/C11H24N2O2/c1-4-5-8-15-9-6-7-11(2,3)10(12)13-14/h14H,4-9H2,1-3H3,(H2,12,13). The molecule has 0 saturated carbocycles. The fourth-order valence-corrected chi connectivity index (χ4v) is 1.23. The maximum absolute atomic E-state index is 8.57. The van der Waals surface area contributed by atoms with Crippen molar-refractivity contribution in [3.05, 3.63) is 0 Å². The molecule has 0 fully saturated rings. The number of ether oxygens (including phenoxy) is 1. The van der Waals surface area contributed by atoms with Crippen LogP contribution in [-0.2, 0) is 4.74 Å². The van der Waals surface area contributed by atoms with E-state index in [2.05, 4.69) is 12.1 Å². The third-order valence-electron chi connectivity index (χ3n) is 2.53. The molecule has 0 bridgehead atoms. The first-order chi connectivity index (χ1) is 7.04. The molecule has 15 heavy (non-hydrogen) atoms. The minimum atomic E-state index is -0.247. The predicted octanol–water partition coefficient (Wildman–Crippen LogP) is 2.36. The average molecular weight is 216 g/mol. The van der Waals surface area contributed by atoms with Gasteiger partial charge in [0.15, 0.2) is 0 Å². The highest BCUT2D eigenvalue weighted by Crippen LogP contribution is 2.22. The van der Waals surface area contributed by atoms with Gasteiger partial charge in [-0.3, -0.25) is 0 Å². The lowest BCUT2D eigenvalue weighted by Crippen LogP contribution is -2.32. The van der Waals surface area contributed by atoms with Crippen molar-refractivity contribution in [2.45, 2.75) is 46.5 Å². The van der Waals surface area contributed by atoms with Crippen LogP contribution in [-0.4, -0.2) is 24.3 Å². The van der Waals surface area contributed by atoms with Gasteiger partial charge in [0.25, 0.3) is 0 Å². The summed E-state index contributed by atoms with van der Waals surface area (Å²) in [6, 6.07) is 0. The minimum Gasteiger partial charge on any atom is -0.409 e. The monoisotopic (exact) mass is 216 g/mol. The number of nitrogens with zero attached hydrogens (tertiary/aromatic N) is 1. The lowest BCUT2D eigenvalue weighted by molar-refractivity contribution is 0.122. The number of rotatable bonds is 8. The lowest BCUT2D eigenvalue weighted by Gasteiger charge is -2.22. The van der Waals surface area contributed by atoms with Gasteiger partial charge < -0.3 is 15.7 Å². The van der Waals surface area contributed by atoms with E-state index in [1.807, 2.05) is 13.8 Å². The van der Waals surface area contributed by atoms with Crippen LogP contribution in [0.25, 0.3) is 0 Å². The van der Waals surface area contributed by atoms with Gasteiger partial charge in [-0.25, -0.2) is 0 Å². The Hall–Kier alpha value is -0.770. The first kappa shape index (κ1) is 14.2. The highest BCUT2D eigenvalue weighted by Gasteiger charge is 2.22. The third-order valence-corrected chi connectivity index (χ3v) is 2.53. The fourth-order valence-electron chi connectivity index (χ4n) is 1.23. The Bertz CT molecular complexity index is 191. The number of hydrogen-bond donors (Lipinski definition) is 2. The molecular weight excluding hydrogens is 192 g/mol. The zero-order valence-corrected chi connectivity index (χ0v) is 10.1. The molecule has 0 atom stereocenters. The molecule has 0 heterocycles. The molecule has 0 amide bonds. The summed E-state index contributed by atoms with van der Waals surface area (Å²) in [6.07, 6.45) is 4.08. The van der Waals surface area contributed by atoms with Crippen LogP contribution in [0.5, 0.6) is 0 Å². The van der Waals surface area contributed by atoms with Crippen molar-refractivity contribution >= 4 is 5.84 Å². The lowest BCUT2D eigenvalue weighted by atomic mass is 9.87. The number of amidine groups is 1. The average Bonchev–Trinajstić information content (AvgIpc) is 2.22. The summed E-state index contributed by atoms with van der Waals surface area (Å²) in [5.74, 6) is 0.288. The Kier molecular flexibility index (Phi) is 7.13. The summed E-state index contributed by atoms with van der Waals surface area (Å²) in [5.41, 5.74) is 5.33. The van der Waals surface area contributed by atoms with Crippen LogP contribution < -0.4 is 5.73 Å². The number of oxime groups is 1. The van der Waals surface area contributed by atoms with Crippen LogP contribution in [0.4, 0.5) is 0 Å². The summed E-state index contributed by atoms with van der Waals surface area (Å²) >= 11 is 0. The molecule has 0 unspecified atom stereocenters. The van der Waals surface area contributed by atoms with Crippen molar-refractivity contribution in [1.82, 2.24) is 0 Å². The van der Waals surface area contributed by atoms with Gasteiger partial charge in [0.1, 0.15) is 5.84 Å². The van der Waals surface area contributed by atoms with E-state index in [0.29, 0.717) is 0 Å². The fraction of sp³-hybridized carbons (Fsp3) is 0.909. The van der Waals surface area contributed by atoms with E-state index < -0.39 is 0 Å². The van der Waals surface area contributed by atoms with Crippen LogP contribution in [0.1, 0.15) is 46.5 Å². The van der Waals surface area contributed by atoms with Gasteiger partial charge >= 0.3 is 0 Å². The minimum absolute atomic E-state index is 0.247. The number of unbranched alkanes of at least 4 members (excludes halogenated alkanes) is 1. The summed E-state index contributed by atoms with van der Waals surface area (Å²) in [7, 11) is 0. The van der Waals surface area contributed by atoms with E-state index in [0.717, 1.165) is 38.9 Å². The molecule has 0 aromatic carbocycles. The number of nitrogens with two attached hydrogens (primary N) is 1. The Labute approximate surface area is 92.5 Å². The van der Waals surface area contributed by atoms with Crippen molar-refractivity contribution < 1.29 is 9.94 Å². The quantitative estimate of drug-likeness (QED) is 0.215. The molecule has 0 aliphatic rings. The summed E-state index contributed by atoms with van der Waals surface area (Å²) in [4.78, 5) is 0. The van der Waals surface area contributed by atoms with Gasteiger partial charge in [0.05, 0.1) is 0 Å². The summed E-state index contributed by atoms with van der Waals surface area (Å²) in [5, 5.41) is 11.6. The Morgan fingerprint density at radius 2 is 1.93 bits per heavy atom. The summed E-state index contributed by atoms with van der Waals surface area (Å²) < 4.78 is 5.44. The maximum atomic E-state index is 8.57. The van der Waals surface area contributed by atoms with E-state index >= 15 is 0 Å². The zero-order valence-electron chi connectivity index (χ0n) is 10.1.